The summed E-state index contributed by atoms with van der Waals surface area (Å²) >= 11 is 1.58. The Balaban J connectivity index is 0.000000636. The molecule has 1 aliphatic heterocycles. The zero-order chi connectivity index (χ0) is 15.2. The predicted octanol–water partition coefficient (Wildman–Crippen LogP) is 5.05. The average molecular weight is 302 g/mol. The summed E-state index contributed by atoms with van der Waals surface area (Å²) in [6, 6.07) is 6.78. The first-order valence-electron chi connectivity index (χ1n) is 8.13. The molecule has 4 rings (SSSR count). The van der Waals surface area contributed by atoms with Crippen molar-refractivity contribution < 1.29 is 0 Å². The van der Waals surface area contributed by atoms with Gasteiger partial charge in [-0.2, -0.15) is 4.37 Å². The van der Waals surface area contributed by atoms with E-state index in [0.29, 0.717) is 5.41 Å². The number of anilines is 1. The summed E-state index contributed by atoms with van der Waals surface area (Å²) < 4.78 is 5.55. The van der Waals surface area contributed by atoms with Crippen LogP contribution in [-0.4, -0.2) is 17.5 Å². The minimum atomic E-state index is 0.489. The van der Waals surface area contributed by atoms with Gasteiger partial charge in [-0.1, -0.05) is 34.6 Å². The molecule has 0 spiro atoms. The highest BCUT2D eigenvalue weighted by atomic mass is 32.1. The van der Waals surface area contributed by atoms with Gasteiger partial charge in [-0.25, -0.2) is 0 Å². The van der Waals surface area contributed by atoms with Gasteiger partial charge in [0.25, 0.3) is 0 Å². The fraction of sp³-hybridized carbons (Fsp3) is 0.611. The molecule has 2 nitrogen and oxygen atoms in total. The highest BCUT2D eigenvalue weighted by molar-refractivity contribution is 7.13. The first-order valence-corrected chi connectivity index (χ1v) is 8.91. The lowest BCUT2D eigenvalue weighted by Crippen LogP contribution is -2.27. The van der Waals surface area contributed by atoms with Gasteiger partial charge in [-0.05, 0) is 52.9 Å². The van der Waals surface area contributed by atoms with Gasteiger partial charge in [-0.15, -0.1) is 0 Å². The Hall–Kier alpha value is -1.09. The standard InChI is InChI=1S/C16H20N2S.C2H6/c1-16(2,3)15-12-8-18(9-13(12)15)11-4-5-14-10(6-11)7-17-19-14;1-2/h4-7,12-13,15H,8-9H2,1-3H3;1-2H3. The third-order valence-corrected chi connectivity index (χ3v) is 5.67. The zero-order valence-corrected chi connectivity index (χ0v) is 14.6. The molecule has 2 unspecified atom stereocenters. The largest absolute Gasteiger partial charge is 0.371 e. The van der Waals surface area contributed by atoms with Crippen molar-refractivity contribution in [2.24, 2.45) is 23.2 Å². The summed E-state index contributed by atoms with van der Waals surface area (Å²) in [5, 5.41) is 1.29. The van der Waals surface area contributed by atoms with Crippen molar-refractivity contribution in [2.45, 2.75) is 34.6 Å². The van der Waals surface area contributed by atoms with Crippen LogP contribution < -0.4 is 4.90 Å². The van der Waals surface area contributed by atoms with Crippen LogP contribution in [0.4, 0.5) is 5.69 Å². The lowest BCUT2D eigenvalue weighted by atomic mass is 9.87. The molecular formula is C18H26N2S. The molecule has 2 heterocycles. The first kappa shape index (κ1) is 14.8. The van der Waals surface area contributed by atoms with Gasteiger partial charge in [0, 0.05) is 30.4 Å². The predicted molar refractivity (Wildman–Crippen MR) is 93.1 cm³/mol. The van der Waals surface area contributed by atoms with Crippen LogP contribution in [0.3, 0.4) is 0 Å². The fourth-order valence-corrected chi connectivity index (χ4v) is 4.70. The molecule has 1 saturated carbocycles. The second-order valence-corrected chi connectivity index (χ2v) is 8.01. The van der Waals surface area contributed by atoms with Crippen LogP contribution in [0.15, 0.2) is 24.4 Å². The summed E-state index contributed by atoms with van der Waals surface area (Å²) in [7, 11) is 0. The summed E-state index contributed by atoms with van der Waals surface area (Å²) in [6.07, 6.45) is 1.98. The Labute approximate surface area is 132 Å². The van der Waals surface area contributed by atoms with Crippen molar-refractivity contribution >= 4 is 27.3 Å². The Bertz CT molecular complexity index is 613. The summed E-state index contributed by atoms with van der Waals surface area (Å²) in [5.74, 6) is 2.79. The Morgan fingerprint density at radius 1 is 1.14 bits per heavy atom. The van der Waals surface area contributed by atoms with Gasteiger partial charge < -0.3 is 4.90 Å². The highest BCUT2D eigenvalue weighted by Crippen LogP contribution is 2.60. The van der Waals surface area contributed by atoms with Crippen LogP contribution in [0.2, 0.25) is 0 Å². The quantitative estimate of drug-likeness (QED) is 0.732. The number of benzene rings is 1. The molecule has 1 saturated heterocycles. The van der Waals surface area contributed by atoms with Crippen LogP contribution in [-0.2, 0) is 0 Å². The number of hydrogen-bond acceptors (Lipinski definition) is 3. The van der Waals surface area contributed by atoms with Gasteiger partial charge in [0.15, 0.2) is 0 Å². The van der Waals surface area contributed by atoms with E-state index in [1.807, 2.05) is 20.0 Å². The van der Waals surface area contributed by atoms with E-state index in [0.717, 1.165) is 17.8 Å². The molecule has 21 heavy (non-hydrogen) atoms. The Kier molecular flexibility index (Phi) is 3.73. The highest BCUT2D eigenvalue weighted by Gasteiger charge is 2.59. The van der Waals surface area contributed by atoms with E-state index in [1.165, 1.54) is 28.9 Å². The van der Waals surface area contributed by atoms with E-state index in [2.05, 4.69) is 48.2 Å². The van der Waals surface area contributed by atoms with Crippen LogP contribution in [0, 0.1) is 23.2 Å². The maximum atomic E-state index is 4.26. The molecule has 0 bridgehead atoms. The molecule has 3 heteroatoms. The van der Waals surface area contributed by atoms with Crippen LogP contribution in [0.1, 0.15) is 34.6 Å². The van der Waals surface area contributed by atoms with Crippen LogP contribution in [0.5, 0.6) is 0 Å². The van der Waals surface area contributed by atoms with Crippen molar-refractivity contribution in [3.8, 4) is 0 Å². The molecule has 2 aliphatic rings. The number of fused-ring (bicyclic) bond motifs is 2. The van der Waals surface area contributed by atoms with Gasteiger partial charge in [0.1, 0.15) is 0 Å². The minimum absolute atomic E-state index is 0.489. The van der Waals surface area contributed by atoms with Gasteiger partial charge in [0.05, 0.1) is 4.70 Å². The van der Waals surface area contributed by atoms with Gasteiger partial charge in [-0.3, -0.25) is 0 Å². The van der Waals surface area contributed by atoms with Gasteiger partial charge in [0.2, 0.25) is 0 Å². The average Bonchev–Trinajstić information content (AvgIpc) is 2.84. The van der Waals surface area contributed by atoms with Crippen LogP contribution in [0.25, 0.3) is 10.1 Å². The Morgan fingerprint density at radius 3 is 2.43 bits per heavy atom. The minimum Gasteiger partial charge on any atom is -0.371 e. The normalized spacial score (nSPS) is 27.3. The molecule has 0 amide bonds. The number of rotatable bonds is 1. The molecule has 1 aliphatic carbocycles. The van der Waals surface area contributed by atoms with E-state index in [1.54, 1.807) is 11.5 Å². The lowest BCUT2D eigenvalue weighted by Gasteiger charge is -2.27. The molecule has 2 fully saturated rings. The molecule has 2 aromatic rings. The van der Waals surface area contributed by atoms with E-state index in [4.69, 9.17) is 0 Å². The molecule has 114 valence electrons. The number of aromatic nitrogens is 1. The zero-order valence-electron chi connectivity index (χ0n) is 13.8. The second-order valence-electron chi connectivity index (χ2n) is 7.17. The van der Waals surface area contributed by atoms with E-state index in [-0.39, 0.29) is 0 Å². The maximum absolute atomic E-state index is 4.26. The topological polar surface area (TPSA) is 16.1 Å². The third-order valence-electron chi connectivity index (χ3n) is 4.90. The molecule has 2 atom stereocenters. The lowest BCUT2D eigenvalue weighted by molar-refractivity contribution is 0.309. The van der Waals surface area contributed by atoms with Crippen molar-refractivity contribution in [3.05, 3.63) is 24.4 Å². The van der Waals surface area contributed by atoms with Crippen molar-refractivity contribution in [3.63, 3.8) is 0 Å². The molecule has 1 aromatic carbocycles. The second kappa shape index (κ2) is 5.28. The molecule has 0 radical (unpaired) electrons. The van der Waals surface area contributed by atoms with E-state index in [9.17, 15) is 0 Å². The van der Waals surface area contributed by atoms with E-state index < -0.39 is 0 Å². The first-order chi connectivity index (χ1) is 10.0. The van der Waals surface area contributed by atoms with Crippen molar-refractivity contribution in [2.75, 3.05) is 18.0 Å². The fourth-order valence-electron chi connectivity index (χ4n) is 4.08. The van der Waals surface area contributed by atoms with Crippen molar-refractivity contribution in [1.82, 2.24) is 4.37 Å². The van der Waals surface area contributed by atoms with E-state index >= 15 is 0 Å². The molecule has 1 aromatic heterocycles. The summed E-state index contributed by atoms with van der Waals surface area (Å²) in [5.41, 5.74) is 1.87. The number of hydrogen-bond donors (Lipinski definition) is 0. The molecular weight excluding hydrogens is 276 g/mol. The van der Waals surface area contributed by atoms with Crippen LogP contribution >= 0.6 is 11.5 Å². The third kappa shape index (κ3) is 2.57. The number of nitrogens with zero attached hydrogens (tertiary/aromatic N) is 2. The number of piperidine rings is 1. The smallest absolute Gasteiger partial charge is 0.0551 e. The maximum Gasteiger partial charge on any atom is 0.0551 e. The monoisotopic (exact) mass is 302 g/mol. The molecule has 0 N–H and O–H groups in total. The van der Waals surface area contributed by atoms with Gasteiger partial charge >= 0.3 is 0 Å². The summed E-state index contributed by atoms with van der Waals surface area (Å²) in [6.45, 7) is 13.7. The SMILES string of the molecule is CC.CC(C)(C)C1C2CN(c3ccc4sncc4c3)CC21. The summed E-state index contributed by atoms with van der Waals surface area (Å²) in [4.78, 5) is 2.56. The van der Waals surface area contributed by atoms with Crippen molar-refractivity contribution in [1.29, 1.82) is 0 Å². The Morgan fingerprint density at radius 2 is 1.81 bits per heavy atom.